The van der Waals surface area contributed by atoms with Gasteiger partial charge in [-0.15, -0.1) is 0 Å². The summed E-state index contributed by atoms with van der Waals surface area (Å²) in [6, 6.07) is 0. The van der Waals surface area contributed by atoms with Crippen LogP contribution >= 0.6 is 0 Å². The molecule has 1 rings (SSSR count). The maximum atomic E-state index is 12.3. The molecule has 0 aromatic carbocycles. The van der Waals surface area contributed by atoms with Crippen molar-refractivity contribution in [3.8, 4) is 0 Å². The third-order valence-corrected chi connectivity index (χ3v) is 1.47. The zero-order chi connectivity index (χ0) is 11.1. The van der Waals surface area contributed by atoms with Crippen LogP contribution in [0, 0.1) is 0 Å². The van der Waals surface area contributed by atoms with Crippen LogP contribution in [0.4, 0.5) is 30.7 Å². The Kier molecular flexibility index (Phi) is 2.43. The molecule has 0 bridgehead atoms. The molecular formula is C7HF7. The molecule has 0 saturated carbocycles. The molecule has 1 aliphatic carbocycles. The second kappa shape index (κ2) is 3.14. The Balaban J connectivity index is 3.15. The third-order valence-electron chi connectivity index (χ3n) is 1.47. The van der Waals surface area contributed by atoms with Gasteiger partial charge in [0, 0.05) is 0 Å². The molecular weight excluding hydrogens is 217 g/mol. The van der Waals surface area contributed by atoms with E-state index in [1.807, 2.05) is 0 Å². The number of hydrogen-bond donors (Lipinski definition) is 0. The first-order chi connectivity index (χ1) is 6.25. The van der Waals surface area contributed by atoms with Crippen molar-refractivity contribution in [3.05, 3.63) is 35.0 Å². The fraction of sp³-hybridized carbons (Fsp3) is 0.143. The lowest BCUT2D eigenvalue weighted by molar-refractivity contribution is -0.0903. The van der Waals surface area contributed by atoms with Crippen LogP contribution in [-0.4, -0.2) is 6.18 Å². The van der Waals surface area contributed by atoms with Crippen LogP contribution < -0.4 is 0 Å². The molecule has 0 N–H and O–H groups in total. The Bertz CT molecular complexity index is 351. The average Bonchev–Trinajstić information content (AvgIpc) is 1.97. The first-order valence-electron chi connectivity index (χ1n) is 3.15. The van der Waals surface area contributed by atoms with Gasteiger partial charge in [-0.25, -0.2) is 8.78 Å². The quantitative estimate of drug-likeness (QED) is 0.587. The molecule has 0 aromatic rings. The van der Waals surface area contributed by atoms with E-state index in [0.717, 1.165) is 0 Å². The lowest BCUT2D eigenvalue weighted by Crippen LogP contribution is -2.19. The average molecular weight is 218 g/mol. The topological polar surface area (TPSA) is 0 Å². The minimum atomic E-state index is -5.03. The monoisotopic (exact) mass is 218 g/mol. The van der Waals surface area contributed by atoms with E-state index in [9.17, 15) is 30.7 Å². The summed E-state index contributed by atoms with van der Waals surface area (Å²) in [7, 11) is 0. The first kappa shape index (κ1) is 10.8. The molecule has 78 valence electrons. The third kappa shape index (κ3) is 1.66. The standard InChI is InChI=1S/C7HF7/c8-3-1-2(7(12,13)14)4(3)5(9)6(10)11/h1H. The van der Waals surface area contributed by atoms with Crippen LogP contribution in [-0.2, 0) is 0 Å². The van der Waals surface area contributed by atoms with Crippen LogP contribution in [0.25, 0.3) is 0 Å². The normalized spacial score (nSPS) is 16.4. The highest BCUT2D eigenvalue weighted by Gasteiger charge is 2.43. The van der Waals surface area contributed by atoms with E-state index in [0.29, 0.717) is 0 Å². The SMILES string of the molecule is FC1=CC(C(F)(F)F)=C1C(F)=C(F)F. The molecule has 0 fully saturated rings. The Hall–Kier alpha value is -1.27. The van der Waals surface area contributed by atoms with Crippen molar-refractivity contribution in [1.29, 1.82) is 0 Å². The Morgan fingerprint density at radius 1 is 1.07 bits per heavy atom. The summed E-state index contributed by atoms with van der Waals surface area (Å²) >= 11 is 0. The van der Waals surface area contributed by atoms with Gasteiger partial charge in [-0.05, 0) is 6.08 Å². The summed E-state index contributed by atoms with van der Waals surface area (Å²) in [5.41, 5.74) is -3.43. The van der Waals surface area contributed by atoms with Crippen molar-refractivity contribution in [3.63, 3.8) is 0 Å². The minimum absolute atomic E-state index is 0.0438. The summed E-state index contributed by atoms with van der Waals surface area (Å²) in [6.45, 7) is 0. The molecule has 0 spiro atoms. The fourth-order valence-electron chi connectivity index (χ4n) is 0.863. The number of allylic oxidation sites excluding steroid dienone is 5. The van der Waals surface area contributed by atoms with Gasteiger partial charge >= 0.3 is 12.3 Å². The van der Waals surface area contributed by atoms with Crippen molar-refractivity contribution in [2.75, 3.05) is 0 Å². The predicted octanol–water partition coefficient (Wildman–Crippen LogP) is 3.79. The molecule has 0 radical (unpaired) electrons. The molecule has 0 nitrogen and oxygen atoms in total. The highest BCUT2D eigenvalue weighted by atomic mass is 19.4. The Morgan fingerprint density at radius 2 is 1.57 bits per heavy atom. The van der Waals surface area contributed by atoms with Gasteiger partial charge in [0.05, 0.1) is 11.1 Å². The summed E-state index contributed by atoms with van der Waals surface area (Å²) in [4.78, 5) is 0. The second-order valence-electron chi connectivity index (χ2n) is 2.35. The van der Waals surface area contributed by atoms with Crippen molar-refractivity contribution >= 4 is 0 Å². The predicted molar refractivity (Wildman–Crippen MR) is 32.6 cm³/mol. The van der Waals surface area contributed by atoms with E-state index < -0.39 is 35.1 Å². The van der Waals surface area contributed by atoms with Crippen molar-refractivity contribution in [2.24, 2.45) is 0 Å². The van der Waals surface area contributed by atoms with Gasteiger partial charge in [0.2, 0.25) is 0 Å². The van der Waals surface area contributed by atoms with Crippen molar-refractivity contribution < 1.29 is 30.7 Å². The lowest BCUT2D eigenvalue weighted by Gasteiger charge is -2.19. The van der Waals surface area contributed by atoms with Crippen LogP contribution in [0.15, 0.2) is 35.0 Å². The summed E-state index contributed by atoms with van der Waals surface area (Å²) in [5, 5.41) is 0. The van der Waals surface area contributed by atoms with Gasteiger partial charge < -0.3 is 0 Å². The van der Waals surface area contributed by atoms with E-state index in [-0.39, 0.29) is 6.08 Å². The Morgan fingerprint density at radius 3 is 1.86 bits per heavy atom. The highest BCUT2D eigenvalue weighted by Crippen LogP contribution is 2.44. The first-order valence-corrected chi connectivity index (χ1v) is 3.15. The molecule has 14 heavy (non-hydrogen) atoms. The number of hydrogen-bond acceptors (Lipinski definition) is 0. The molecule has 0 aromatic heterocycles. The molecule has 1 aliphatic rings. The largest absolute Gasteiger partial charge is 0.417 e. The van der Waals surface area contributed by atoms with Crippen molar-refractivity contribution in [2.45, 2.75) is 6.18 Å². The van der Waals surface area contributed by atoms with Gasteiger partial charge in [0.15, 0.2) is 5.83 Å². The molecule has 0 amide bonds. The number of rotatable bonds is 1. The molecule has 0 heterocycles. The molecule has 0 atom stereocenters. The lowest BCUT2D eigenvalue weighted by atomic mass is 9.95. The van der Waals surface area contributed by atoms with Crippen LogP contribution in [0.2, 0.25) is 0 Å². The summed E-state index contributed by atoms with van der Waals surface area (Å²) in [6.07, 6.45) is -8.06. The number of alkyl halides is 3. The molecule has 0 saturated heterocycles. The maximum Gasteiger partial charge on any atom is 0.417 e. The second-order valence-corrected chi connectivity index (χ2v) is 2.35. The Labute approximate surface area is 73.0 Å². The van der Waals surface area contributed by atoms with Crippen molar-refractivity contribution in [1.82, 2.24) is 0 Å². The fourth-order valence-corrected chi connectivity index (χ4v) is 0.863. The summed E-state index contributed by atoms with van der Waals surface area (Å²) < 4.78 is 83.2. The zero-order valence-electron chi connectivity index (χ0n) is 6.22. The summed E-state index contributed by atoms with van der Waals surface area (Å²) in [5.74, 6) is -4.11. The molecule has 0 aliphatic heterocycles. The van der Waals surface area contributed by atoms with Gasteiger partial charge in [0.25, 0.3) is 0 Å². The zero-order valence-corrected chi connectivity index (χ0v) is 6.22. The van der Waals surface area contributed by atoms with E-state index in [1.54, 1.807) is 0 Å². The van der Waals surface area contributed by atoms with E-state index >= 15 is 0 Å². The molecule has 0 unspecified atom stereocenters. The van der Waals surface area contributed by atoms with E-state index in [2.05, 4.69) is 0 Å². The smallest absolute Gasteiger partial charge is 0.206 e. The maximum absolute atomic E-state index is 12.3. The van der Waals surface area contributed by atoms with Gasteiger partial charge in [-0.2, -0.15) is 22.0 Å². The highest BCUT2D eigenvalue weighted by molar-refractivity contribution is 5.59. The number of halogens is 7. The van der Waals surface area contributed by atoms with Gasteiger partial charge in [-0.3, -0.25) is 0 Å². The van der Waals surface area contributed by atoms with E-state index in [1.165, 1.54) is 0 Å². The minimum Gasteiger partial charge on any atom is -0.206 e. The van der Waals surface area contributed by atoms with Crippen LogP contribution in [0.5, 0.6) is 0 Å². The van der Waals surface area contributed by atoms with Gasteiger partial charge in [0.1, 0.15) is 5.83 Å². The van der Waals surface area contributed by atoms with Crippen LogP contribution in [0.3, 0.4) is 0 Å². The van der Waals surface area contributed by atoms with Gasteiger partial charge in [-0.1, -0.05) is 0 Å². The van der Waals surface area contributed by atoms with Crippen LogP contribution in [0.1, 0.15) is 0 Å². The van der Waals surface area contributed by atoms with E-state index in [4.69, 9.17) is 0 Å². The molecule has 7 heteroatoms.